The van der Waals surface area contributed by atoms with E-state index in [0.29, 0.717) is 0 Å². The van der Waals surface area contributed by atoms with Gasteiger partial charge in [-0.25, -0.2) is 4.98 Å². The zero-order chi connectivity index (χ0) is 29.9. The van der Waals surface area contributed by atoms with Crippen LogP contribution in [0.5, 0.6) is 0 Å². The Bertz CT molecular complexity index is 1400. The summed E-state index contributed by atoms with van der Waals surface area (Å²) in [6.07, 6.45) is -0.577. The largest absolute Gasteiger partial charge is 0.391 e. The number of β-amino-alcohol motifs (C(OH)–C–C–N with tert-alkyl or cyclic N) is 1. The summed E-state index contributed by atoms with van der Waals surface area (Å²) in [7, 11) is 0. The molecule has 2 aromatic carbocycles. The van der Waals surface area contributed by atoms with Gasteiger partial charge in [0.15, 0.2) is 0 Å². The van der Waals surface area contributed by atoms with Crippen LogP contribution in [-0.4, -0.2) is 57.4 Å². The first kappa shape index (κ1) is 30.9. The van der Waals surface area contributed by atoms with Crippen LogP contribution in [0.2, 0.25) is 0 Å². The van der Waals surface area contributed by atoms with Crippen molar-refractivity contribution in [2.75, 3.05) is 6.54 Å². The van der Waals surface area contributed by atoms with Crippen molar-refractivity contribution in [3.63, 3.8) is 0 Å². The summed E-state index contributed by atoms with van der Waals surface area (Å²) in [5.41, 5.74) is 4.99. The van der Waals surface area contributed by atoms with E-state index in [2.05, 4.69) is 31.5 Å². The highest BCUT2D eigenvalue weighted by atomic mass is 79.9. The minimum absolute atomic E-state index is 0.0300. The average Bonchev–Trinajstić information content (AvgIpc) is 3.51. The number of thiazole rings is 1. The van der Waals surface area contributed by atoms with Crippen molar-refractivity contribution in [3.05, 3.63) is 75.3 Å². The number of halogens is 1. The number of carbonyl (C=O) groups is 3. The number of aromatic nitrogens is 1. The second-order valence-corrected chi connectivity index (χ2v) is 13.5. The molecule has 4 rings (SSSR count). The molecule has 8 nitrogen and oxygen atoms in total. The van der Waals surface area contributed by atoms with E-state index >= 15 is 0 Å². The lowest BCUT2D eigenvalue weighted by Gasteiger charge is -2.35. The molecule has 3 amide bonds. The molecule has 10 heteroatoms. The molecule has 0 spiro atoms. The van der Waals surface area contributed by atoms with E-state index in [0.717, 1.165) is 31.7 Å². The predicted octanol–water partition coefficient (Wildman–Crippen LogP) is 4.79. The third kappa shape index (κ3) is 7.61. The lowest BCUT2D eigenvalue weighted by atomic mass is 9.85. The van der Waals surface area contributed by atoms with Gasteiger partial charge in [0.1, 0.15) is 12.1 Å². The van der Waals surface area contributed by atoms with Gasteiger partial charge in [-0.15, -0.1) is 11.3 Å². The van der Waals surface area contributed by atoms with Crippen LogP contribution in [0.4, 0.5) is 0 Å². The Morgan fingerprint density at radius 1 is 1.15 bits per heavy atom. The van der Waals surface area contributed by atoms with Crippen molar-refractivity contribution < 1.29 is 19.5 Å². The number of nitrogens with one attached hydrogen (secondary N) is 2. The quantitative estimate of drug-likeness (QED) is 0.328. The van der Waals surface area contributed by atoms with Gasteiger partial charge in [0.25, 0.3) is 0 Å². The first-order valence-corrected chi connectivity index (χ1v) is 15.3. The molecule has 3 aromatic rings. The fraction of sp³-hybridized carbons (Fsp3) is 0.419. The molecule has 218 valence electrons. The molecular formula is C31H37BrN4O4S. The number of rotatable bonds is 8. The Kier molecular flexibility index (Phi) is 9.66. The van der Waals surface area contributed by atoms with E-state index in [-0.39, 0.29) is 43.1 Å². The molecule has 4 atom stereocenters. The van der Waals surface area contributed by atoms with Crippen LogP contribution < -0.4 is 10.6 Å². The maximum atomic E-state index is 13.8. The van der Waals surface area contributed by atoms with Gasteiger partial charge in [0, 0.05) is 17.4 Å². The van der Waals surface area contributed by atoms with Gasteiger partial charge in [0.2, 0.25) is 17.7 Å². The van der Waals surface area contributed by atoms with Crippen LogP contribution in [0, 0.1) is 12.3 Å². The van der Waals surface area contributed by atoms with Gasteiger partial charge >= 0.3 is 0 Å². The Morgan fingerprint density at radius 3 is 2.46 bits per heavy atom. The topological polar surface area (TPSA) is 112 Å². The SMILES string of the molecule is Cc1ncsc1-c1ccc([C@H](C)NC(=O)[C@@H]2C[C@@H](O)CN2C(=O)[C@@H](NC(=O)Cc2cccc(Br)c2)C(C)(C)C)cc1. The summed E-state index contributed by atoms with van der Waals surface area (Å²) in [5.74, 6) is -1.01. The van der Waals surface area contributed by atoms with Crippen LogP contribution in [0.15, 0.2) is 58.5 Å². The van der Waals surface area contributed by atoms with E-state index in [1.165, 1.54) is 4.90 Å². The van der Waals surface area contributed by atoms with Crippen LogP contribution in [-0.2, 0) is 20.8 Å². The van der Waals surface area contributed by atoms with Gasteiger partial charge in [-0.2, -0.15) is 0 Å². The van der Waals surface area contributed by atoms with Crippen molar-refractivity contribution in [2.24, 2.45) is 5.41 Å². The van der Waals surface area contributed by atoms with E-state index in [9.17, 15) is 19.5 Å². The summed E-state index contributed by atoms with van der Waals surface area (Å²) in [6.45, 7) is 9.51. The number of aliphatic hydroxyl groups is 1. The van der Waals surface area contributed by atoms with Crippen molar-refractivity contribution in [1.29, 1.82) is 0 Å². The molecule has 1 saturated heterocycles. The van der Waals surface area contributed by atoms with Crippen molar-refractivity contribution in [1.82, 2.24) is 20.5 Å². The lowest BCUT2D eigenvalue weighted by Crippen LogP contribution is -2.58. The molecule has 1 aliphatic heterocycles. The van der Waals surface area contributed by atoms with Crippen LogP contribution in [0.1, 0.15) is 57.0 Å². The molecule has 0 bridgehead atoms. The lowest BCUT2D eigenvalue weighted by molar-refractivity contribution is -0.144. The fourth-order valence-electron chi connectivity index (χ4n) is 5.06. The third-order valence-corrected chi connectivity index (χ3v) is 8.78. The molecule has 0 radical (unpaired) electrons. The second-order valence-electron chi connectivity index (χ2n) is 11.7. The van der Waals surface area contributed by atoms with E-state index < -0.39 is 23.6 Å². The van der Waals surface area contributed by atoms with Gasteiger partial charge in [-0.1, -0.05) is 73.1 Å². The molecule has 1 aliphatic rings. The number of hydrogen-bond donors (Lipinski definition) is 3. The van der Waals surface area contributed by atoms with Crippen molar-refractivity contribution in [2.45, 2.75) is 71.7 Å². The standard InChI is InChI=1S/C31H37BrN4O4S/c1-18(21-9-11-22(12-10-21)27-19(2)33-17-41-27)34-29(39)25-15-24(37)16-36(25)30(40)28(31(3,4)5)35-26(38)14-20-7-6-8-23(32)13-20/h6-13,17-18,24-25,28,37H,14-16H2,1-5H3,(H,34,39)(H,35,38)/t18-,24+,25-,28+/m0/s1. The zero-order valence-electron chi connectivity index (χ0n) is 24.0. The Hall–Kier alpha value is -3.08. The molecule has 1 fully saturated rings. The summed E-state index contributed by atoms with van der Waals surface area (Å²) < 4.78 is 0.867. The minimum Gasteiger partial charge on any atom is -0.391 e. The number of nitrogens with zero attached hydrogens (tertiary/aromatic N) is 2. The third-order valence-electron chi connectivity index (χ3n) is 7.31. The molecule has 1 aromatic heterocycles. The minimum atomic E-state index is -0.872. The predicted molar refractivity (Wildman–Crippen MR) is 164 cm³/mol. The molecule has 41 heavy (non-hydrogen) atoms. The second kappa shape index (κ2) is 12.8. The fourth-order valence-corrected chi connectivity index (χ4v) is 6.32. The smallest absolute Gasteiger partial charge is 0.246 e. The van der Waals surface area contributed by atoms with E-state index in [4.69, 9.17) is 0 Å². The molecule has 0 unspecified atom stereocenters. The van der Waals surface area contributed by atoms with E-state index in [1.54, 1.807) is 11.3 Å². The van der Waals surface area contributed by atoms with Crippen LogP contribution >= 0.6 is 27.3 Å². The number of benzene rings is 2. The normalized spacial score (nSPS) is 18.6. The first-order valence-electron chi connectivity index (χ1n) is 13.7. The van der Waals surface area contributed by atoms with Crippen molar-refractivity contribution in [3.8, 4) is 10.4 Å². The first-order chi connectivity index (χ1) is 19.3. The molecule has 0 saturated carbocycles. The zero-order valence-corrected chi connectivity index (χ0v) is 26.4. The summed E-state index contributed by atoms with van der Waals surface area (Å²) in [5, 5.41) is 16.4. The average molecular weight is 642 g/mol. The summed E-state index contributed by atoms with van der Waals surface area (Å²) >= 11 is 5.00. The highest BCUT2D eigenvalue weighted by molar-refractivity contribution is 9.10. The number of aliphatic hydroxyl groups excluding tert-OH is 1. The number of amides is 3. The monoisotopic (exact) mass is 640 g/mol. The van der Waals surface area contributed by atoms with E-state index in [1.807, 2.05) is 88.7 Å². The molecular weight excluding hydrogens is 604 g/mol. The highest BCUT2D eigenvalue weighted by Gasteiger charge is 2.44. The Labute approximate surface area is 253 Å². The number of likely N-dealkylation sites (tertiary alicyclic amines) is 1. The number of aryl methyl sites for hydroxylation is 1. The highest BCUT2D eigenvalue weighted by Crippen LogP contribution is 2.29. The molecule has 0 aliphatic carbocycles. The Morgan fingerprint density at radius 2 is 1.85 bits per heavy atom. The van der Waals surface area contributed by atoms with Crippen molar-refractivity contribution >= 4 is 45.0 Å². The van der Waals surface area contributed by atoms with Crippen LogP contribution in [0.3, 0.4) is 0 Å². The summed E-state index contributed by atoms with van der Waals surface area (Å²) in [6, 6.07) is 13.4. The Balaban J connectivity index is 1.45. The molecule has 2 heterocycles. The maximum Gasteiger partial charge on any atom is 0.246 e. The van der Waals surface area contributed by atoms with Gasteiger partial charge in [0.05, 0.1) is 34.6 Å². The number of carbonyl (C=O) groups excluding carboxylic acids is 3. The van der Waals surface area contributed by atoms with Gasteiger partial charge < -0.3 is 20.6 Å². The number of hydrogen-bond acceptors (Lipinski definition) is 6. The van der Waals surface area contributed by atoms with Gasteiger partial charge in [-0.05, 0) is 48.1 Å². The summed E-state index contributed by atoms with van der Waals surface area (Å²) in [4.78, 5) is 47.1. The molecule has 3 N–H and O–H groups in total. The maximum absolute atomic E-state index is 13.8. The van der Waals surface area contributed by atoms with Crippen LogP contribution in [0.25, 0.3) is 10.4 Å². The van der Waals surface area contributed by atoms with Gasteiger partial charge in [-0.3, -0.25) is 14.4 Å².